The molecule has 0 radical (unpaired) electrons. The van der Waals surface area contributed by atoms with Crippen molar-refractivity contribution in [1.29, 1.82) is 0 Å². The Morgan fingerprint density at radius 1 is 1.00 bits per heavy atom. The summed E-state index contributed by atoms with van der Waals surface area (Å²) in [7, 11) is -3.98. The van der Waals surface area contributed by atoms with E-state index in [-0.39, 0.29) is 36.9 Å². The Hall–Kier alpha value is -2.66. The SMILES string of the molecule is CCCCOc1ccc(C[C@H](NC(=O)OC(C)(C)C)[C@H](O)CN(C[C@@H](C)CC)S(=O)(=O)c2ccc(CO)cc2)cc1. The maximum atomic E-state index is 13.7. The minimum absolute atomic E-state index is 0.0335. The Morgan fingerprint density at radius 3 is 2.15 bits per heavy atom. The van der Waals surface area contributed by atoms with E-state index >= 15 is 0 Å². The van der Waals surface area contributed by atoms with Crippen LogP contribution in [0.1, 0.15) is 71.9 Å². The quantitative estimate of drug-likeness (QED) is 0.237. The average molecular weight is 593 g/mol. The van der Waals surface area contributed by atoms with Crippen LogP contribution >= 0.6 is 0 Å². The Kier molecular flexibility index (Phi) is 13.6. The lowest BCUT2D eigenvalue weighted by Crippen LogP contribution is -2.52. The third-order valence-corrected chi connectivity index (χ3v) is 8.50. The largest absolute Gasteiger partial charge is 0.494 e. The van der Waals surface area contributed by atoms with E-state index in [4.69, 9.17) is 9.47 Å². The van der Waals surface area contributed by atoms with Crippen molar-refractivity contribution in [3.8, 4) is 5.75 Å². The number of nitrogens with one attached hydrogen (secondary N) is 1. The van der Waals surface area contributed by atoms with Gasteiger partial charge in [0.2, 0.25) is 10.0 Å². The molecule has 0 bridgehead atoms. The molecule has 2 aromatic rings. The van der Waals surface area contributed by atoms with E-state index in [2.05, 4.69) is 12.2 Å². The smallest absolute Gasteiger partial charge is 0.407 e. The molecule has 10 heteroatoms. The van der Waals surface area contributed by atoms with Crippen molar-refractivity contribution in [3.63, 3.8) is 0 Å². The number of aliphatic hydroxyl groups excluding tert-OH is 2. The summed E-state index contributed by atoms with van der Waals surface area (Å²) in [6.45, 7) is 11.7. The van der Waals surface area contributed by atoms with Crippen LogP contribution in [0.25, 0.3) is 0 Å². The molecule has 0 aromatic heterocycles. The number of carbonyl (C=O) groups excluding carboxylic acids is 1. The first-order valence-electron chi connectivity index (χ1n) is 14.4. The third-order valence-electron chi connectivity index (χ3n) is 6.66. The molecule has 0 spiro atoms. The molecule has 2 rings (SSSR count). The predicted molar refractivity (Wildman–Crippen MR) is 160 cm³/mol. The molecule has 3 atom stereocenters. The maximum Gasteiger partial charge on any atom is 0.407 e. The molecule has 0 saturated carbocycles. The summed E-state index contributed by atoms with van der Waals surface area (Å²) in [4.78, 5) is 12.8. The van der Waals surface area contributed by atoms with Gasteiger partial charge in [0.15, 0.2) is 0 Å². The van der Waals surface area contributed by atoms with Crippen molar-refractivity contribution in [2.75, 3.05) is 19.7 Å². The van der Waals surface area contributed by atoms with E-state index in [1.807, 2.05) is 38.1 Å². The number of benzene rings is 2. The number of amides is 1. The van der Waals surface area contributed by atoms with Gasteiger partial charge in [-0.3, -0.25) is 0 Å². The van der Waals surface area contributed by atoms with Gasteiger partial charge in [-0.25, -0.2) is 13.2 Å². The molecule has 1 amide bonds. The highest BCUT2D eigenvalue weighted by Crippen LogP contribution is 2.22. The first-order chi connectivity index (χ1) is 19.3. The zero-order valence-electron chi connectivity index (χ0n) is 25.3. The molecule has 0 heterocycles. The Labute approximate surface area is 245 Å². The zero-order valence-corrected chi connectivity index (χ0v) is 26.1. The number of unbranched alkanes of at least 4 members (excludes halogenated alkanes) is 1. The fraction of sp³-hybridized carbons (Fsp3) is 0.581. The number of sulfonamides is 1. The lowest BCUT2D eigenvalue weighted by atomic mass is 10.0. The normalized spacial score (nSPS) is 14.4. The van der Waals surface area contributed by atoms with E-state index in [9.17, 15) is 23.4 Å². The van der Waals surface area contributed by atoms with Gasteiger partial charge in [0.1, 0.15) is 11.4 Å². The number of carbonyl (C=O) groups is 1. The fourth-order valence-electron chi connectivity index (χ4n) is 4.05. The van der Waals surface area contributed by atoms with Gasteiger partial charge in [-0.2, -0.15) is 4.31 Å². The molecular weight excluding hydrogens is 544 g/mol. The van der Waals surface area contributed by atoms with Gasteiger partial charge in [-0.05, 0) is 74.9 Å². The fourth-order valence-corrected chi connectivity index (χ4v) is 5.63. The lowest BCUT2D eigenvalue weighted by Gasteiger charge is -2.31. The first kappa shape index (κ1) is 34.5. The molecule has 0 aliphatic rings. The lowest BCUT2D eigenvalue weighted by molar-refractivity contribution is 0.0399. The number of alkyl carbamates (subject to hydrolysis) is 1. The molecule has 3 N–H and O–H groups in total. The maximum absolute atomic E-state index is 13.7. The van der Waals surface area contributed by atoms with Crippen LogP contribution in [0, 0.1) is 5.92 Å². The number of rotatable bonds is 16. The first-order valence-corrected chi connectivity index (χ1v) is 15.8. The molecule has 230 valence electrons. The van der Waals surface area contributed by atoms with Crippen LogP contribution in [0.15, 0.2) is 53.4 Å². The van der Waals surface area contributed by atoms with Gasteiger partial charge in [-0.15, -0.1) is 0 Å². The Bertz CT molecular complexity index is 1160. The number of nitrogens with zero attached hydrogens (tertiary/aromatic N) is 1. The van der Waals surface area contributed by atoms with Crippen molar-refractivity contribution in [1.82, 2.24) is 9.62 Å². The highest BCUT2D eigenvalue weighted by molar-refractivity contribution is 7.89. The summed E-state index contributed by atoms with van der Waals surface area (Å²) in [5.41, 5.74) is 0.689. The van der Waals surface area contributed by atoms with E-state index < -0.39 is 33.9 Å². The zero-order chi connectivity index (χ0) is 30.6. The summed E-state index contributed by atoms with van der Waals surface area (Å²) in [6.07, 6.45) is 1.05. The minimum atomic E-state index is -3.98. The van der Waals surface area contributed by atoms with Gasteiger partial charge < -0.3 is 25.0 Å². The van der Waals surface area contributed by atoms with Gasteiger partial charge in [0.25, 0.3) is 0 Å². The molecule has 2 aromatic carbocycles. The highest BCUT2D eigenvalue weighted by Gasteiger charge is 2.32. The van der Waals surface area contributed by atoms with Gasteiger partial charge in [0.05, 0.1) is 30.3 Å². The van der Waals surface area contributed by atoms with Crippen LogP contribution < -0.4 is 10.1 Å². The topological polar surface area (TPSA) is 125 Å². The third kappa shape index (κ3) is 11.6. The molecule has 0 aliphatic heterocycles. The van der Waals surface area contributed by atoms with E-state index in [1.54, 1.807) is 32.9 Å². The predicted octanol–water partition coefficient (Wildman–Crippen LogP) is 4.89. The molecule has 0 aliphatic carbocycles. The summed E-state index contributed by atoms with van der Waals surface area (Å²) >= 11 is 0. The standard InChI is InChI=1S/C31H48N2O7S/c1-7-9-18-39-26-14-10-24(11-15-26)19-28(32-30(36)40-31(4,5)6)29(35)21-33(20-23(3)8-2)41(37,38)27-16-12-25(22-34)13-17-27/h10-17,23,28-29,34-35H,7-9,18-22H2,1-6H3,(H,32,36)/t23-,28-,29+/m0/s1. The van der Waals surface area contributed by atoms with Gasteiger partial charge in [0, 0.05) is 13.1 Å². The van der Waals surface area contributed by atoms with Crippen LogP contribution in [0.4, 0.5) is 4.79 Å². The van der Waals surface area contributed by atoms with E-state index in [1.165, 1.54) is 16.4 Å². The van der Waals surface area contributed by atoms with Crippen molar-refractivity contribution in [3.05, 3.63) is 59.7 Å². The summed E-state index contributed by atoms with van der Waals surface area (Å²) in [6, 6.07) is 12.6. The summed E-state index contributed by atoms with van der Waals surface area (Å²) in [5, 5.41) is 23.5. The Morgan fingerprint density at radius 2 is 1.61 bits per heavy atom. The second kappa shape index (κ2) is 16.1. The Balaban J connectivity index is 2.32. The molecule has 9 nitrogen and oxygen atoms in total. The molecule has 41 heavy (non-hydrogen) atoms. The number of aliphatic hydroxyl groups is 2. The van der Waals surface area contributed by atoms with E-state index in [0.717, 1.165) is 30.6 Å². The summed E-state index contributed by atoms with van der Waals surface area (Å²) < 4.78 is 39.8. The second-order valence-electron chi connectivity index (χ2n) is 11.5. The molecule has 0 fully saturated rings. The molecule has 0 unspecified atom stereocenters. The van der Waals surface area contributed by atoms with Crippen LogP contribution in [-0.4, -0.2) is 66.5 Å². The van der Waals surface area contributed by atoms with Gasteiger partial charge in [-0.1, -0.05) is 57.9 Å². The van der Waals surface area contributed by atoms with Gasteiger partial charge >= 0.3 is 6.09 Å². The number of hydrogen-bond acceptors (Lipinski definition) is 7. The van der Waals surface area contributed by atoms with Crippen LogP contribution in [0.5, 0.6) is 5.75 Å². The minimum Gasteiger partial charge on any atom is -0.494 e. The van der Waals surface area contributed by atoms with Crippen LogP contribution in [-0.2, 0) is 27.8 Å². The van der Waals surface area contributed by atoms with E-state index in [0.29, 0.717) is 12.2 Å². The van der Waals surface area contributed by atoms with Crippen LogP contribution in [0.3, 0.4) is 0 Å². The van der Waals surface area contributed by atoms with Crippen molar-refractivity contribution in [2.24, 2.45) is 5.92 Å². The number of ether oxygens (including phenoxy) is 2. The highest BCUT2D eigenvalue weighted by atomic mass is 32.2. The van der Waals surface area contributed by atoms with Crippen molar-refractivity contribution < 1.29 is 32.9 Å². The van der Waals surface area contributed by atoms with Crippen molar-refractivity contribution in [2.45, 2.75) is 96.5 Å². The van der Waals surface area contributed by atoms with Crippen molar-refractivity contribution >= 4 is 16.1 Å². The molecular formula is C31H48N2O7S. The average Bonchev–Trinajstić information content (AvgIpc) is 2.92. The van der Waals surface area contributed by atoms with Crippen LogP contribution in [0.2, 0.25) is 0 Å². The monoisotopic (exact) mass is 592 g/mol. The summed E-state index contributed by atoms with van der Waals surface area (Å²) in [5.74, 6) is 0.767. The second-order valence-corrected chi connectivity index (χ2v) is 13.4. The number of hydrogen-bond donors (Lipinski definition) is 3. The molecule has 0 saturated heterocycles.